The lowest BCUT2D eigenvalue weighted by molar-refractivity contribution is 0.120. The van der Waals surface area contributed by atoms with Crippen LogP contribution in [0.1, 0.15) is 23.2 Å². The summed E-state index contributed by atoms with van der Waals surface area (Å²) < 4.78 is 13.4. The van der Waals surface area contributed by atoms with Crippen molar-refractivity contribution in [1.82, 2.24) is 19.7 Å². The first-order chi connectivity index (χ1) is 14.7. The molecule has 0 radical (unpaired) electrons. The summed E-state index contributed by atoms with van der Waals surface area (Å²) in [7, 11) is 0. The van der Waals surface area contributed by atoms with Crippen LogP contribution in [0.4, 0.5) is 4.39 Å². The van der Waals surface area contributed by atoms with Crippen molar-refractivity contribution in [3.8, 4) is 0 Å². The number of benzene rings is 2. The van der Waals surface area contributed by atoms with Crippen LogP contribution >= 0.6 is 0 Å². The minimum atomic E-state index is -0.136. The molecule has 1 fully saturated rings. The molecule has 0 aliphatic carbocycles. The van der Waals surface area contributed by atoms with Crippen LogP contribution in [0.15, 0.2) is 48.5 Å². The van der Waals surface area contributed by atoms with Gasteiger partial charge in [-0.15, -0.1) is 0 Å². The van der Waals surface area contributed by atoms with Crippen LogP contribution in [0.25, 0.3) is 10.9 Å². The molecular weight excluding hydrogens is 375 g/mol. The maximum atomic E-state index is 13.4. The number of hydrogen-bond acceptors (Lipinski definition) is 3. The van der Waals surface area contributed by atoms with E-state index in [1.807, 2.05) is 6.07 Å². The zero-order valence-electron chi connectivity index (χ0n) is 17.6. The third-order valence-electron chi connectivity index (χ3n) is 6.67. The lowest BCUT2D eigenvalue weighted by atomic mass is 10.0. The summed E-state index contributed by atoms with van der Waals surface area (Å²) in [5.41, 5.74) is 5.29. The predicted octanol–water partition coefficient (Wildman–Crippen LogP) is 3.87. The average Bonchev–Trinajstić information content (AvgIpc) is 3.13. The first-order valence-corrected chi connectivity index (χ1v) is 11.2. The van der Waals surface area contributed by atoms with Crippen molar-refractivity contribution in [3.05, 3.63) is 71.2 Å². The molecule has 158 valence electrons. The molecule has 0 saturated carbocycles. The van der Waals surface area contributed by atoms with Gasteiger partial charge in [-0.25, -0.2) is 4.39 Å². The van der Waals surface area contributed by atoms with Crippen molar-refractivity contribution in [2.24, 2.45) is 0 Å². The van der Waals surface area contributed by atoms with Crippen LogP contribution in [0.2, 0.25) is 0 Å². The second-order valence-corrected chi connectivity index (χ2v) is 8.76. The topological polar surface area (TPSA) is 25.5 Å². The van der Waals surface area contributed by atoms with E-state index in [1.54, 1.807) is 12.1 Å². The molecule has 1 saturated heterocycles. The number of aromatic nitrogens is 1. The van der Waals surface area contributed by atoms with Gasteiger partial charge in [-0.05, 0) is 55.3 Å². The molecule has 3 heterocycles. The Labute approximate surface area is 178 Å². The maximum Gasteiger partial charge on any atom is 0.123 e. The van der Waals surface area contributed by atoms with Gasteiger partial charge in [-0.3, -0.25) is 9.80 Å². The Bertz CT molecular complexity index is 990. The Morgan fingerprint density at radius 3 is 2.50 bits per heavy atom. The molecule has 30 heavy (non-hydrogen) atoms. The highest BCUT2D eigenvalue weighted by Gasteiger charge is 2.21. The number of aromatic amines is 1. The number of halogens is 1. The minimum Gasteiger partial charge on any atom is -0.357 e. The second kappa shape index (κ2) is 8.88. The molecule has 2 aliphatic heterocycles. The molecule has 0 bridgehead atoms. The van der Waals surface area contributed by atoms with E-state index in [-0.39, 0.29) is 5.82 Å². The van der Waals surface area contributed by atoms with Crippen molar-refractivity contribution >= 4 is 10.9 Å². The highest BCUT2D eigenvalue weighted by atomic mass is 19.1. The van der Waals surface area contributed by atoms with Gasteiger partial charge in [0, 0.05) is 62.4 Å². The molecule has 5 rings (SSSR count). The maximum absolute atomic E-state index is 13.4. The van der Waals surface area contributed by atoms with Crippen LogP contribution in [0.5, 0.6) is 0 Å². The summed E-state index contributed by atoms with van der Waals surface area (Å²) in [5, 5.41) is 1.41. The number of fused-ring (bicyclic) bond motifs is 3. The highest BCUT2D eigenvalue weighted by Crippen LogP contribution is 2.27. The second-order valence-electron chi connectivity index (χ2n) is 8.76. The van der Waals surface area contributed by atoms with Crippen LogP contribution in [0.3, 0.4) is 0 Å². The lowest BCUT2D eigenvalue weighted by Crippen LogP contribution is -2.46. The zero-order valence-corrected chi connectivity index (χ0v) is 17.6. The SMILES string of the molecule is Fc1cccc(CN2CCN(CCCN3CCc4c([nH]c5ccccc45)C3)CC2)c1. The quantitative estimate of drug-likeness (QED) is 0.673. The van der Waals surface area contributed by atoms with Crippen molar-refractivity contribution in [1.29, 1.82) is 0 Å². The Hall–Kier alpha value is -2.21. The van der Waals surface area contributed by atoms with Gasteiger partial charge in [-0.2, -0.15) is 0 Å². The third kappa shape index (κ3) is 4.43. The van der Waals surface area contributed by atoms with Gasteiger partial charge in [0.25, 0.3) is 0 Å². The highest BCUT2D eigenvalue weighted by molar-refractivity contribution is 5.84. The number of nitrogens with one attached hydrogen (secondary N) is 1. The Kier molecular flexibility index (Phi) is 5.84. The first kappa shape index (κ1) is 19.7. The number of H-pyrrole nitrogens is 1. The third-order valence-corrected chi connectivity index (χ3v) is 6.67. The molecular formula is C25H31FN4. The van der Waals surface area contributed by atoms with Gasteiger partial charge < -0.3 is 9.88 Å². The standard InChI is InChI=1S/C25H31FN4/c26-21-6-3-5-20(17-21)18-30-15-13-28(14-16-30)10-4-11-29-12-9-23-22-7-1-2-8-24(22)27-25(23)19-29/h1-3,5-8,17,27H,4,9-16,18-19H2. The summed E-state index contributed by atoms with van der Waals surface area (Å²) in [6.45, 7) is 9.76. The smallest absolute Gasteiger partial charge is 0.123 e. The predicted molar refractivity (Wildman–Crippen MR) is 120 cm³/mol. The van der Waals surface area contributed by atoms with E-state index in [0.29, 0.717) is 0 Å². The number of para-hydroxylation sites is 1. The number of rotatable bonds is 6. The van der Waals surface area contributed by atoms with Gasteiger partial charge in [0.2, 0.25) is 0 Å². The molecule has 0 atom stereocenters. The average molecular weight is 407 g/mol. The molecule has 0 unspecified atom stereocenters. The Morgan fingerprint density at radius 2 is 1.63 bits per heavy atom. The summed E-state index contributed by atoms with van der Waals surface area (Å²) in [6.07, 6.45) is 2.37. The first-order valence-electron chi connectivity index (χ1n) is 11.2. The number of nitrogens with zero attached hydrogens (tertiary/aromatic N) is 3. The normalized spacial score (nSPS) is 18.7. The van der Waals surface area contributed by atoms with Crippen LogP contribution in [-0.4, -0.2) is 65.5 Å². The fourth-order valence-electron chi connectivity index (χ4n) is 5.02. The van der Waals surface area contributed by atoms with E-state index >= 15 is 0 Å². The zero-order chi connectivity index (χ0) is 20.3. The van der Waals surface area contributed by atoms with Crippen LogP contribution in [-0.2, 0) is 19.5 Å². The molecule has 1 N–H and O–H groups in total. The number of piperazine rings is 1. The molecule has 2 aliphatic rings. The van der Waals surface area contributed by atoms with Gasteiger partial charge in [-0.1, -0.05) is 30.3 Å². The van der Waals surface area contributed by atoms with Crippen molar-refractivity contribution in [2.45, 2.75) is 25.9 Å². The van der Waals surface area contributed by atoms with Crippen LogP contribution < -0.4 is 0 Å². The fourth-order valence-corrected chi connectivity index (χ4v) is 5.02. The molecule has 3 aromatic rings. The monoisotopic (exact) mass is 406 g/mol. The molecule has 0 spiro atoms. The van der Waals surface area contributed by atoms with E-state index in [2.05, 4.69) is 43.9 Å². The Balaban J connectivity index is 1.05. The number of hydrogen-bond donors (Lipinski definition) is 1. The van der Waals surface area contributed by atoms with E-state index in [0.717, 1.165) is 64.3 Å². The lowest BCUT2D eigenvalue weighted by Gasteiger charge is -2.35. The van der Waals surface area contributed by atoms with Crippen LogP contribution in [0, 0.1) is 5.82 Å². The van der Waals surface area contributed by atoms with E-state index < -0.39 is 0 Å². The minimum absolute atomic E-state index is 0.136. The summed E-state index contributed by atoms with van der Waals surface area (Å²) in [6, 6.07) is 15.7. The Morgan fingerprint density at radius 1 is 0.833 bits per heavy atom. The van der Waals surface area contributed by atoms with Gasteiger partial charge in [0.05, 0.1) is 0 Å². The summed E-state index contributed by atoms with van der Waals surface area (Å²) >= 11 is 0. The molecule has 4 nitrogen and oxygen atoms in total. The molecule has 2 aromatic carbocycles. The van der Waals surface area contributed by atoms with E-state index in [9.17, 15) is 4.39 Å². The largest absolute Gasteiger partial charge is 0.357 e. The van der Waals surface area contributed by atoms with Gasteiger partial charge in [0.1, 0.15) is 5.82 Å². The molecule has 1 aromatic heterocycles. The molecule has 5 heteroatoms. The van der Waals surface area contributed by atoms with E-state index in [4.69, 9.17) is 0 Å². The van der Waals surface area contributed by atoms with Gasteiger partial charge in [0.15, 0.2) is 0 Å². The summed E-state index contributed by atoms with van der Waals surface area (Å²) in [5.74, 6) is -0.136. The molecule has 0 amide bonds. The van der Waals surface area contributed by atoms with E-state index in [1.165, 1.54) is 41.2 Å². The summed E-state index contributed by atoms with van der Waals surface area (Å²) in [4.78, 5) is 11.2. The van der Waals surface area contributed by atoms with Crippen molar-refractivity contribution in [2.75, 3.05) is 45.8 Å². The van der Waals surface area contributed by atoms with Crippen molar-refractivity contribution < 1.29 is 4.39 Å². The fraction of sp³-hybridized carbons (Fsp3) is 0.440. The van der Waals surface area contributed by atoms with Crippen molar-refractivity contribution in [3.63, 3.8) is 0 Å². The van der Waals surface area contributed by atoms with Gasteiger partial charge >= 0.3 is 0 Å².